The molecule has 1 saturated heterocycles. The number of fused-ring (bicyclic) bond motifs is 1. The quantitative estimate of drug-likeness (QED) is 0.528. The lowest BCUT2D eigenvalue weighted by molar-refractivity contribution is -0.149. The Morgan fingerprint density at radius 1 is 1.31 bits per heavy atom. The van der Waals surface area contributed by atoms with Crippen molar-refractivity contribution in [3.05, 3.63) is 36.0 Å². The van der Waals surface area contributed by atoms with Crippen LogP contribution in [0.3, 0.4) is 0 Å². The molecule has 2 rings (SSSR count). The lowest BCUT2D eigenvalue weighted by atomic mass is 9.99. The second-order valence-corrected chi connectivity index (χ2v) is 3.89. The standard InChI is InChI=1S/C13H16O3/c1-3-5-10-9-7-8-12(14)16-13(9)11(15-10)6-4-2/h3-7,10-11,13H,8H2,1-2H3/b5-3+,6-4+. The van der Waals surface area contributed by atoms with Crippen molar-refractivity contribution in [3.63, 3.8) is 0 Å². The molecular formula is C13H16O3. The van der Waals surface area contributed by atoms with E-state index in [0.717, 1.165) is 5.57 Å². The Morgan fingerprint density at radius 3 is 2.75 bits per heavy atom. The van der Waals surface area contributed by atoms with Gasteiger partial charge in [0, 0.05) is 5.57 Å². The van der Waals surface area contributed by atoms with Gasteiger partial charge in [0.2, 0.25) is 0 Å². The van der Waals surface area contributed by atoms with Crippen LogP contribution in [0.25, 0.3) is 0 Å². The van der Waals surface area contributed by atoms with Gasteiger partial charge in [0.15, 0.2) is 6.10 Å². The molecule has 2 heterocycles. The van der Waals surface area contributed by atoms with Crippen LogP contribution in [0, 0.1) is 0 Å². The van der Waals surface area contributed by atoms with Crippen molar-refractivity contribution in [2.75, 3.05) is 0 Å². The fraction of sp³-hybridized carbons (Fsp3) is 0.462. The molecule has 3 atom stereocenters. The normalized spacial score (nSPS) is 34.2. The molecule has 0 radical (unpaired) electrons. The van der Waals surface area contributed by atoms with E-state index in [1.54, 1.807) is 0 Å². The molecule has 3 unspecified atom stereocenters. The second kappa shape index (κ2) is 4.66. The number of carbonyl (C=O) groups excluding carboxylic acids is 1. The minimum absolute atomic E-state index is 0.0516. The van der Waals surface area contributed by atoms with Gasteiger partial charge in [0.05, 0.1) is 6.42 Å². The Hall–Kier alpha value is -1.35. The van der Waals surface area contributed by atoms with Crippen molar-refractivity contribution in [1.82, 2.24) is 0 Å². The molecule has 2 aliphatic heterocycles. The highest BCUT2D eigenvalue weighted by atomic mass is 16.6. The molecule has 86 valence electrons. The van der Waals surface area contributed by atoms with E-state index in [4.69, 9.17) is 9.47 Å². The first-order valence-electron chi connectivity index (χ1n) is 5.56. The molecular weight excluding hydrogens is 204 g/mol. The van der Waals surface area contributed by atoms with E-state index in [1.165, 1.54) is 0 Å². The maximum absolute atomic E-state index is 11.3. The molecule has 0 N–H and O–H groups in total. The van der Waals surface area contributed by atoms with Gasteiger partial charge < -0.3 is 9.47 Å². The lowest BCUT2D eigenvalue weighted by Gasteiger charge is -2.20. The predicted octanol–water partition coefficient (Wildman–Crippen LogP) is 2.15. The molecule has 3 nitrogen and oxygen atoms in total. The van der Waals surface area contributed by atoms with Crippen molar-refractivity contribution in [3.8, 4) is 0 Å². The zero-order valence-electron chi connectivity index (χ0n) is 9.55. The molecule has 2 aliphatic rings. The van der Waals surface area contributed by atoms with E-state index in [0.29, 0.717) is 6.42 Å². The van der Waals surface area contributed by atoms with E-state index in [-0.39, 0.29) is 24.3 Å². The Balaban J connectivity index is 2.26. The molecule has 0 spiro atoms. The highest BCUT2D eigenvalue weighted by Gasteiger charge is 2.41. The van der Waals surface area contributed by atoms with Crippen LogP contribution < -0.4 is 0 Å². The topological polar surface area (TPSA) is 35.5 Å². The largest absolute Gasteiger partial charge is 0.454 e. The lowest BCUT2D eigenvalue weighted by Crippen LogP contribution is -2.29. The van der Waals surface area contributed by atoms with Gasteiger partial charge in [-0.2, -0.15) is 0 Å². The number of hydrogen-bond donors (Lipinski definition) is 0. The second-order valence-electron chi connectivity index (χ2n) is 3.89. The summed E-state index contributed by atoms with van der Waals surface area (Å²) in [6.07, 6.45) is 9.64. The summed E-state index contributed by atoms with van der Waals surface area (Å²) in [5.41, 5.74) is 1.07. The first kappa shape index (κ1) is 11.1. The maximum Gasteiger partial charge on any atom is 0.310 e. The highest BCUT2D eigenvalue weighted by Crippen LogP contribution is 2.33. The van der Waals surface area contributed by atoms with Crippen LogP contribution in [-0.4, -0.2) is 24.3 Å². The molecule has 3 heteroatoms. The summed E-state index contributed by atoms with van der Waals surface area (Å²) in [6.45, 7) is 3.89. The summed E-state index contributed by atoms with van der Waals surface area (Å²) in [5, 5.41) is 0. The number of esters is 1. The minimum atomic E-state index is -0.237. The number of carbonyl (C=O) groups is 1. The third-order valence-corrected chi connectivity index (χ3v) is 2.77. The van der Waals surface area contributed by atoms with Gasteiger partial charge in [-0.05, 0) is 13.8 Å². The molecule has 0 aromatic carbocycles. The minimum Gasteiger partial charge on any atom is -0.454 e. The Morgan fingerprint density at radius 2 is 2.06 bits per heavy atom. The first-order valence-corrected chi connectivity index (χ1v) is 5.56. The van der Waals surface area contributed by atoms with Gasteiger partial charge in [0.1, 0.15) is 12.2 Å². The van der Waals surface area contributed by atoms with Crippen LogP contribution >= 0.6 is 0 Å². The number of rotatable bonds is 2. The summed E-state index contributed by atoms with van der Waals surface area (Å²) >= 11 is 0. The third kappa shape index (κ3) is 1.95. The highest BCUT2D eigenvalue weighted by molar-refractivity contribution is 5.73. The molecule has 0 aromatic rings. The zero-order valence-corrected chi connectivity index (χ0v) is 9.55. The predicted molar refractivity (Wildman–Crippen MR) is 60.9 cm³/mol. The smallest absolute Gasteiger partial charge is 0.310 e. The van der Waals surface area contributed by atoms with E-state index in [2.05, 4.69) is 0 Å². The van der Waals surface area contributed by atoms with E-state index >= 15 is 0 Å². The van der Waals surface area contributed by atoms with E-state index < -0.39 is 0 Å². The SMILES string of the molecule is C/C=C/C1OC(/C=C/C)C2OC(=O)CC=C12. The van der Waals surface area contributed by atoms with Crippen molar-refractivity contribution in [1.29, 1.82) is 0 Å². The molecule has 16 heavy (non-hydrogen) atoms. The summed E-state index contributed by atoms with van der Waals surface area (Å²) in [5.74, 6) is -0.173. The van der Waals surface area contributed by atoms with Crippen LogP contribution in [0.15, 0.2) is 36.0 Å². The molecule has 0 aromatic heterocycles. The van der Waals surface area contributed by atoms with Gasteiger partial charge in [-0.1, -0.05) is 30.4 Å². The zero-order chi connectivity index (χ0) is 11.5. The monoisotopic (exact) mass is 220 g/mol. The average molecular weight is 220 g/mol. The van der Waals surface area contributed by atoms with Crippen LogP contribution in [0.1, 0.15) is 20.3 Å². The van der Waals surface area contributed by atoms with Crippen molar-refractivity contribution in [2.45, 2.75) is 38.6 Å². The van der Waals surface area contributed by atoms with Crippen LogP contribution in [0.2, 0.25) is 0 Å². The summed E-state index contributed by atoms with van der Waals surface area (Å²) in [4.78, 5) is 11.3. The van der Waals surface area contributed by atoms with Crippen molar-refractivity contribution >= 4 is 5.97 Å². The maximum atomic E-state index is 11.3. The van der Waals surface area contributed by atoms with Gasteiger partial charge >= 0.3 is 5.97 Å². The first-order chi connectivity index (χ1) is 7.76. The van der Waals surface area contributed by atoms with Crippen molar-refractivity contribution < 1.29 is 14.3 Å². The Kier molecular flexibility index (Phi) is 3.25. The van der Waals surface area contributed by atoms with E-state index in [1.807, 2.05) is 44.2 Å². The summed E-state index contributed by atoms with van der Waals surface area (Å²) < 4.78 is 11.2. The fourth-order valence-corrected chi connectivity index (χ4v) is 2.10. The third-order valence-electron chi connectivity index (χ3n) is 2.77. The Labute approximate surface area is 95.4 Å². The van der Waals surface area contributed by atoms with Gasteiger partial charge in [-0.25, -0.2) is 0 Å². The molecule has 1 fully saturated rings. The number of hydrogen-bond acceptors (Lipinski definition) is 3. The van der Waals surface area contributed by atoms with Crippen molar-refractivity contribution in [2.24, 2.45) is 0 Å². The van der Waals surface area contributed by atoms with Crippen LogP contribution in [-0.2, 0) is 14.3 Å². The van der Waals surface area contributed by atoms with Crippen LogP contribution in [0.4, 0.5) is 0 Å². The molecule has 0 aliphatic carbocycles. The number of allylic oxidation sites excluding steroid dienone is 2. The van der Waals surface area contributed by atoms with Gasteiger partial charge in [-0.15, -0.1) is 0 Å². The molecule has 0 saturated carbocycles. The molecule has 0 amide bonds. The molecule has 0 bridgehead atoms. The van der Waals surface area contributed by atoms with Gasteiger partial charge in [0.25, 0.3) is 0 Å². The average Bonchev–Trinajstić information content (AvgIpc) is 2.58. The summed E-state index contributed by atoms with van der Waals surface area (Å²) in [7, 11) is 0. The fourth-order valence-electron chi connectivity index (χ4n) is 2.10. The van der Waals surface area contributed by atoms with Gasteiger partial charge in [-0.3, -0.25) is 4.79 Å². The number of ether oxygens (including phenoxy) is 2. The summed E-state index contributed by atoms with van der Waals surface area (Å²) in [6, 6.07) is 0. The Bertz CT molecular complexity index is 365. The van der Waals surface area contributed by atoms with E-state index in [9.17, 15) is 4.79 Å². The van der Waals surface area contributed by atoms with Crippen LogP contribution in [0.5, 0.6) is 0 Å².